The number of nitrogens with one attached hydrogen (secondary N) is 1. The molecular formula is C66H127NO5. The van der Waals surface area contributed by atoms with Crippen LogP contribution in [0.1, 0.15) is 361 Å². The number of carbonyl (C=O) groups excluding carboxylic acids is 2. The average molecular weight is 1010 g/mol. The maximum absolute atomic E-state index is 12.5. The fourth-order valence-electron chi connectivity index (χ4n) is 10.3. The van der Waals surface area contributed by atoms with E-state index in [4.69, 9.17) is 4.74 Å². The Morgan fingerprint density at radius 1 is 0.389 bits per heavy atom. The lowest BCUT2D eigenvalue weighted by molar-refractivity contribution is -0.143. The molecular weight excluding hydrogens is 887 g/mol. The third kappa shape index (κ3) is 57.6. The molecule has 0 aromatic rings. The van der Waals surface area contributed by atoms with Crippen molar-refractivity contribution in [2.45, 2.75) is 373 Å². The molecule has 0 fully saturated rings. The fourth-order valence-corrected chi connectivity index (χ4v) is 10.3. The lowest BCUT2D eigenvalue weighted by Gasteiger charge is -2.22. The van der Waals surface area contributed by atoms with E-state index in [1.165, 1.54) is 283 Å². The third-order valence-electron chi connectivity index (χ3n) is 15.3. The average Bonchev–Trinajstić information content (AvgIpc) is 3.38. The molecule has 0 aliphatic heterocycles. The molecule has 6 heteroatoms. The molecule has 0 aromatic heterocycles. The highest BCUT2D eigenvalue weighted by atomic mass is 16.5. The van der Waals surface area contributed by atoms with Gasteiger partial charge in [-0.3, -0.25) is 9.59 Å². The largest absolute Gasteiger partial charge is 0.466 e. The van der Waals surface area contributed by atoms with E-state index in [0.717, 1.165) is 44.9 Å². The van der Waals surface area contributed by atoms with Crippen molar-refractivity contribution in [3.8, 4) is 0 Å². The van der Waals surface area contributed by atoms with Gasteiger partial charge in [-0.2, -0.15) is 0 Å². The molecule has 0 aliphatic rings. The summed E-state index contributed by atoms with van der Waals surface area (Å²) in [7, 11) is 0. The summed E-state index contributed by atoms with van der Waals surface area (Å²) < 4.78 is 5.46. The van der Waals surface area contributed by atoms with E-state index >= 15 is 0 Å². The van der Waals surface area contributed by atoms with Crippen LogP contribution in [-0.4, -0.2) is 47.4 Å². The van der Waals surface area contributed by atoms with Crippen LogP contribution >= 0.6 is 0 Å². The molecule has 426 valence electrons. The molecule has 0 radical (unpaired) electrons. The predicted octanol–water partition coefficient (Wildman–Crippen LogP) is 20.6. The predicted molar refractivity (Wildman–Crippen MR) is 315 cm³/mol. The molecule has 2 atom stereocenters. The van der Waals surface area contributed by atoms with Gasteiger partial charge in [0.2, 0.25) is 5.91 Å². The highest BCUT2D eigenvalue weighted by Gasteiger charge is 2.20. The van der Waals surface area contributed by atoms with E-state index in [9.17, 15) is 19.8 Å². The van der Waals surface area contributed by atoms with Crippen molar-refractivity contribution in [1.29, 1.82) is 0 Å². The number of hydrogen-bond acceptors (Lipinski definition) is 5. The Kier molecular flexibility index (Phi) is 60.5. The van der Waals surface area contributed by atoms with Gasteiger partial charge in [0.25, 0.3) is 0 Å². The van der Waals surface area contributed by atoms with Gasteiger partial charge in [-0.25, -0.2) is 0 Å². The Hall–Kier alpha value is -1.66. The van der Waals surface area contributed by atoms with Crippen molar-refractivity contribution < 1.29 is 24.5 Å². The van der Waals surface area contributed by atoms with Crippen LogP contribution < -0.4 is 5.32 Å². The number of esters is 1. The molecule has 0 aromatic carbocycles. The highest BCUT2D eigenvalue weighted by Crippen LogP contribution is 2.18. The molecule has 0 bridgehead atoms. The Balaban J connectivity index is 3.42. The molecule has 0 saturated carbocycles. The summed E-state index contributed by atoms with van der Waals surface area (Å²) in [5, 5.41) is 23.3. The minimum Gasteiger partial charge on any atom is -0.466 e. The molecule has 0 rings (SSSR count). The molecule has 0 aliphatic carbocycles. The van der Waals surface area contributed by atoms with Gasteiger partial charge in [-0.15, -0.1) is 0 Å². The van der Waals surface area contributed by atoms with Gasteiger partial charge in [-0.05, 0) is 57.8 Å². The van der Waals surface area contributed by atoms with Gasteiger partial charge in [0.05, 0.1) is 25.4 Å². The number of amides is 1. The Bertz CT molecular complexity index is 1120. The molecule has 3 N–H and O–H groups in total. The van der Waals surface area contributed by atoms with Crippen LogP contribution in [0.5, 0.6) is 0 Å². The van der Waals surface area contributed by atoms with Crippen molar-refractivity contribution >= 4 is 11.9 Å². The second-order valence-electron chi connectivity index (χ2n) is 22.5. The molecule has 0 heterocycles. The summed E-state index contributed by atoms with van der Waals surface area (Å²) in [6.07, 6.45) is 76.3. The first-order valence-electron chi connectivity index (χ1n) is 32.6. The molecule has 72 heavy (non-hydrogen) atoms. The SMILES string of the molecule is CCCCCCCCCCCCCCCCCCCC(O)C(CO)NC(=O)CCCCCCCCCCCCC/C=C\C/C=C\CCCCCCCCCCCOC(=O)CCCCCCCCCCCCC. The molecule has 0 saturated heterocycles. The Morgan fingerprint density at radius 2 is 0.694 bits per heavy atom. The summed E-state index contributed by atoms with van der Waals surface area (Å²) >= 11 is 0. The number of rotatable bonds is 61. The van der Waals surface area contributed by atoms with E-state index in [0.29, 0.717) is 25.9 Å². The summed E-state index contributed by atoms with van der Waals surface area (Å²) in [4.78, 5) is 24.5. The molecule has 0 spiro atoms. The quantitative estimate of drug-likeness (QED) is 0.0320. The van der Waals surface area contributed by atoms with Crippen LogP contribution in [0.2, 0.25) is 0 Å². The van der Waals surface area contributed by atoms with Crippen molar-refractivity contribution in [3.63, 3.8) is 0 Å². The Morgan fingerprint density at radius 3 is 1.06 bits per heavy atom. The smallest absolute Gasteiger partial charge is 0.305 e. The van der Waals surface area contributed by atoms with Crippen molar-refractivity contribution in [2.24, 2.45) is 0 Å². The topological polar surface area (TPSA) is 95.9 Å². The van der Waals surface area contributed by atoms with E-state index in [2.05, 4.69) is 43.5 Å². The van der Waals surface area contributed by atoms with Gasteiger partial charge in [0.15, 0.2) is 0 Å². The summed E-state index contributed by atoms with van der Waals surface area (Å²) in [5.41, 5.74) is 0. The minimum atomic E-state index is -0.666. The Labute approximate surface area is 450 Å². The second-order valence-corrected chi connectivity index (χ2v) is 22.5. The van der Waals surface area contributed by atoms with Crippen LogP contribution in [0, 0.1) is 0 Å². The third-order valence-corrected chi connectivity index (χ3v) is 15.3. The van der Waals surface area contributed by atoms with Crippen LogP contribution in [0.25, 0.3) is 0 Å². The normalized spacial score (nSPS) is 12.7. The number of allylic oxidation sites excluding steroid dienone is 4. The molecule has 1 amide bonds. The van der Waals surface area contributed by atoms with E-state index in [1.54, 1.807) is 0 Å². The van der Waals surface area contributed by atoms with Crippen LogP contribution in [0.3, 0.4) is 0 Å². The zero-order valence-corrected chi connectivity index (χ0v) is 48.7. The maximum atomic E-state index is 12.5. The first-order chi connectivity index (χ1) is 35.5. The number of aliphatic hydroxyl groups excluding tert-OH is 2. The number of aliphatic hydroxyl groups is 2. The van der Waals surface area contributed by atoms with Crippen LogP contribution in [0.4, 0.5) is 0 Å². The molecule has 6 nitrogen and oxygen atoms in total. The number of unbranched alkanes of at least 4 members (excludes halogenated alkanes) is 46. The zero-order valence-electron chi connectivity index (χ0n) is 48.7. The van der Waals surface area contributed by atoms with Gasteiger partial charge in [-0.1, -0.05) is 314 Å². The standard InChI is InChI=1S/C66H127NO5/c1-3-5-7-9-11-13-15-16-17-29-32-35-39-42-46-50-54-58-64(69)63(62-68)67-65(70)59-55-51-47-43-40-36-33-30-27-25-23-21-19-18-20-22-24-26-28-31-34-37-41-45-49-53-57-61-72-66(71)60-56-52-48-44-38-14-12-10-8-6-4-2/h18-19,22,24,63-64,68-69H,3-17,20-21,23,25-62H2,1-2H3,(H,67,70)/b19-18-,24-22-. The first kappa shape index (κ1) is 70.3. The van der Waals surface area contributed by atoms with Gasteiger partial charge < -0.3 is 20.3 Å². The van der Waals surface area contributed by atoms with Gasteiger partial charge >= 0.3 is 5.97 Å². The summed E-state index contributed by atoms with van der Waals surface area (Å²) in [6.45, 7) is 4.97. The van der Waals surface area contributed by atoms with Crippen molar-refractivity contribution in [1.82, 2.24) is 5.32 Å². The maximum Gasteiger partial charge on any atom is 0.305 e. The summed E-state index contributed by atoms with van der Waals surface area (Å²) in [6, 6.07) is -0.544. The minimum absolute atomic E-state index is 0.0107. The number of ether oxygens (including phenoxy) is 1. The van der Waals surface area contributed by atoms with Crippen LogP contribution in [-0.2, 0) is 14.3 Å². The van der Waals surface area contributed by atoms with E-state index < -0.39 is 12.1 Å². The molecule has 2 unspecified atom stereocenters. The van der Waals surface area contributed by atoms with Gasteiger partial charge in [0, 0.05) is 12.8 Å². The van der Waals surface area contributed by atoms with Crippen LogP contribution in [0.15, 0.2) is 24.3 Å². The van der Waals surface area contributed by atoms with Crippen molar-refractivity contribution in [3.05, 3.63) is 24.3 Å². The van der Waals surface area contributed by atoms with E-state index in [1.807, 2.05) is 0 Å². The first-order valence-corrected chi connectivity index (χ1v) is 32.6. The highest BCUT2D eigenvalue weighted by molar-refractivity contribution is 5.76. The number of hydrogen-bond donors (Lipinski definition) is 3. The fraction of sp³-hybridized carbons (Fsp3) is 0.909. The monoisotopic (exact) mass is 1010 g/mol. The lowest BCUT2D eigenvalue weighted by atomic mass is 10.0. The van der Waals surface area contributed by atoms with Crippen molar-refractivity contribution in [2.75, 3.05) is 13.2 Å². The van der Waals surface area contributed by atoms with E-state index in [-0.39, 0.29) is 18.5 Å². The lowest BCUT2D eigenvalue weighted by Crippen LogP contribution is -2.45. The zero-order chi connectivity index (χ0) is 52.2. The number of carbonyl (C=O) groups is 2. The second kappa shape index (κ2) is 61.9. The summed E-state index contributed by atoms with van der Waals surface area (Å²) in [5.74, 6) is -0.0244. The van der Waals surface area contributed by atoms with Gasteiger partial charge in [0.1, 0.15) is 0 Å².